The average Bonchev–Trinajstić information content (AvgIpc) is 2.46. The van der Waals surface area contributed by atoms with Crippen LogP contribution in [0.15, 0.2) is 12.1 Å². The van der Waals surface area contributed by atoms with E-state index in [4.69, 9.17) is 4.74 Å². The smallest absolute Gasteiger partial charge is 0.181 e. The summed E-state index contributed by atoms with van der Waals surface area (Å²) in [5.41, 5.74) is 3.39. The minimum Gasteiger partial charge on any atom is -0.391 e. The molecule has 0 spiro atoms. The van der Waals surface area contributed by atoms with Crippen molar-refractivity contribution in [3.63, 3.8) is 0 Å². The Morgan fingerprint density at radius 3 is 2.56 bits per heavy atom. The zero-order chi connectivity index (χ0) is 13.3. The molecule has 0 fully saturated rings. The SMILES string of the molecule is Cc1ccc2c3c1C(O)OC[C@@]3(C)[C@H](O)C2(C)C. The maximum Gasteiger partial charge on any atom is 0.181 e. The molecule has 0 saturated carbocycles. The largest absolute Gasteiger partial charge is 0.391 e. The second-order valence-corrected chi connectivity index (χ2v) is 6.42. The van der Waals surface area contributed by atoms with Gasteiger partial charge in [-0.05, 0) is 23.6 Å². The minimum absolute atomic E-state index is 0.306. The zero-order valence-electron chi connectivity index (χ0n) is 11.3. The summed E-state index contributed by atoms with van der Waals surface area (Å²) in [7, 11) is 0. The first-order valence-electron chi connectivity index (χ1n) is 6.42. The molecule has 1 aliphatic heterocycles. The van der Waals surface area contributed by atoms with Crippen molar-refractivity contribution in [1.82, 2.24) is 0 Å². The van der Waals surface area contributed by atoms with Gasteiger partial charge in [-0.1, -0.05) is 32.9 Å². The van der Waals surface area contributed by atoms with Crippen molar-refractivity contribution >= 4 is 0 Å². The Bertz CT molecular complexity index is 521. The first-order valence-corrected chi connectivity index (χ1v) is 6.42. The molecular formula is C15H20O3. The summed E-state index contributed by atoms with van der Waals surface area (Å²) in [4.78, 5) is 0. The zero-order valence-corrected chi connectivity index (χ0v) is 11.3. The number of aliphatic hydroxyl groups excluding tert-OH is 2. The van der Waals surface area contributed by atoms with Crippen LogP contribution in [0.4, 0.5) is 0 Å². The number of aliphatic hydroxyl groups is 2. The summed E-state index contributed by atoms with van der Waals surface area (Å²) in [5.74, 6) is 0. The Balaban J connectivity index is 2.38. The Morgan fingerprint density at radius 1 is 1.22 bits per heavy atom. The van der Waals surface area contributed by atoms with Crippen LogP contribution in [0, 0.1) is 6.92 Å². The van der Waals surface area contributed by atoms with Gasteiger partial charge in [0.05, 0.1) is 12.7 Å². The third kappa shape index (κ3) is 1.20. The molecule has 1 aromatic carbocycles. The molecule has 0 saturated heterocycles. The standard InChI is InChI=1S/C15H20O3/c1-8-5-6-9-11-10(8)12(16)18-7-15(11,4)13(17)14(9,2)3/h5-6,12-13,16-17H,7H2,1-4H3/t12?,13-,15-/m1/s1. The molecule has 1 heterocycles. The molecule has 3 heteroatoms. The van der Waals surface area contributed by atoms with Crippen LogP contribution in [0.2, 0.25) is 0 Å². The van der Waals surface area contributed by atoms with E-state index in [0.717, 1.165) is 22.3 Å². The highest BCUT2D eigenvalue weighted by Crippen LogP contribution is 2.54. The quantitative estimate of drug-likeness (QED) is 0.737. The van der Waals surface area contributed by atoms with Gasteiger partial charge in [0.1, 0.15) is 0 Å². The van der Waals surface area contributed by atoms with E-state index < -0.39 is 17.8 Å². The van der Waals surface area contributed by atoms with Crippen LogP contribution >= 0.6 is 0 Å². The van der Waals surface area contributed by atoms with E-state index in [1.54, 1.807) is 0 Å². The van der Waals surface area contributed by atoms with E-state index in [1.807, 2.05) is 19.9 Å². The van der Waals surface area contributed by atoms with Crippen LogP contribution in [-0.2, 0) is 15.6 Å². The number of rotatable bonds is 0. The predicted molar refractivity (Wildman–Crippen MR) is 68.5 cm³/mol. The highest BCUT2D eigenvalue weighted by molar-refractivity contribution is 5.55. The van der Waals surface area contributed by atoms with Gasteiger partial charge in [-0.15, -0.1) is 0 Å². The molecule has 0 aromatic heterocycles. The highest BCUT2D eigenvalue weighted by atomic mass is 16.6. The normalized spacial score (nSPS) is 36.6. The van der Waals surface area contributed by atoms with Gasteiger partial charge in [0.15, 0.2) is 6.29 Å². The van der Waals surface area contributed by atoms with Gasteiger partial charge < -0.3 is 14.9 Å². The summed E-state index contributed by atoms with van der Waals surface area (Å²) in [5, 5.41) is 20.8. The molecule has 2 aliphatic rings. The molecule has 3 rings (SSSR count). The molecule has 0 bridgehead atoms. The van der Waals surface area contributed by atoms with E-state index in [9.17, 15) is 10.2 Å². The van der Waals surface area contributed by atoms with Crippen molar-refractivity contribution in [3.8, 4) is 0 Å². The Morgan fingerprint density at radius 2 is 1.89 bits per heavy atom. The topological polar surface area (TPSA) is 49.7 Å². The molecule has 1 aromatic rings. The summed E-state index contributed by atoms with van der Waals surface area (Å²) < 4.78 is 5.48. The van der Waals surface area contributed by atoms with Crippen LogP contribution < -0.4 is 0 Å². The third-order valence-electron chi connectivity index (χ3n) is 4.80. The fourth-order valence-corrected chi connectivity index (χ4v) is 3.76. The average molecular weight is 248 g/mol. The van der Waals surface area contributed by atoms with Gasteiger partial charge >= 0.3 is 0 Å². The molecule has 1 aliphatic carbocycles. The Labute approximate surface area is 107 Å². The molecule has 98 valence electrons. The van der Waals surface area contributed by atoms with Gasteiger partial charge in [-0.3, -0.25) is 0 Å². The molecule has 3 atom stereocenters. The maximum absolute atomic E-state index is 10.7. The van der Waals surface area contributed by atoms with Crippen molar-refractivity contribution < 1.29 is 14.9 Å². The molecule has 0 amide bonds. The fraction of sp³-hybridized carbons (Fsp3) is 0.600. The van der Waals surface area contributed by atoms with E-state index in [1.165, 1.54) is 0 Å². The van der Waals surface area contributed by atoms with Gasteiger partial charge in [0, 0.05) is 16.4 Å². The van der Waals surface area contributed by atoms with Crippen LogP contribution in [-0.4, -0.2) is 22.9 Å². The lowest BCUT2D eigenvalue weighted by Gasteiger charge is -2.39. The fourth-order valence-electron chi connectivity index (χ4n) is 3.76. The van der Waals surface area contributed by atoms with Gasteiger partial charge in [-0.2, -0.15) is 0 Å². The third-order valence-corrected chi connectivity index (χ3v) is 4.80. The summed E-state index contributed by atoms with van der Waals surface area (Å²) >= 11 is 0. The first-order chi connectivity index (χ1) is 8.30. The van der Waals surface area contributed by atoms with Gasteiger partial charge in [0.2, 0.25) is 0 Å². The predicted octanol–water partition coefficient (Wildman–Crippen LogP) is 1.93. The molecule has 3 nitrogen and oxygen atoms in total. The van der Waals surface area contributed by atoms with E-state index in [-0.39, 0.29) is 5.41 Å². The van der Waals surface area contributed by atoms with E-state index >= 15 is 0 Å². The number of aryl methyl sites for hydroxylation is 1. The van der Waals surface area contributed by atoms with Crippen molar-refractivity contribution in [2.45, 2.75) is 50.9 Å². The molecule has 2 N–H and O–H groups in total. The van der Waals surface area contributed by atoms with Crippen LogP contribution in [0.5, 0.6) is 0 Å². The van der Waals surface area contributed by atoms with Crippen LogP contribution in [0.1, 0.15) is 49.3 Å². The lowest BCUT2D eigenvalue weighted by Crippen LogP contribution is -2.46. The van der Waals surface area contributed by atoms with Gasteiger partial charge in [-0.25, -0.2) is 0 Å². The molecule has 0 radical (unpaired) electrons. The van der Waals surface area contributed by atoms with Crippen LogP contribution in [0.3, 0.4) is 0 Å². The van der Waals surface area contributed by atoms with E-state index in [2.05, 4.69) is 19.9 Å². The Hall–Kier alpha value is -0.900. The number of hydrogen-bond donors (Lipinski definition) is 2. The summed E-state index contributed by atoms with van der Waals surface area (Å²) in [6.07, 6.45) is -1.36. The van der Waals surface area contributed by atoms with Crippen LogP contribution in [0.25, 0.3) is 0 Å². The highest BCUT2D eigenvalue weighted by Gasteiger charge is 2.56. The maximum atomic E-state index is 10.7. The van der Waals surface area contributed by atoms with Crippen molar-refractivity contribution in [1.29, 1.82) is 0 Å². The van der Waals surface area contributed by atoms with Crippen molar-refractivity contribution in [2.75, 3.05) is 6.61 Å². The summed E-state index contributed by atoms with van der Waals surface area (Å²) in [6.45, 7) is 8.48. The summed E-state index contributed by atoms with van der Waals surface area (Å²) in [6, 6.07) is 4.09. The molecular weight excluding hydrogens is 228 g/mol. The lowest BCUT2D eigenvalue weighted by molar-refractivity contribution is -0.143. The van der Waals surface area contributed by atoms with E-state index in [0.29, 0.717) is 6.61 Å². The second kappa shape index (κ2) is 3.35. The van der Waals surface area contributed by atoms with Gasteiger partial charge in [0.25, 0.3) is 0 Å². The van der Waals surface area contributed by atoms with Crippen molar-refractivity contribution in [3.05, 3.63) is 34.4 Å². The Kier molecular flexibility index (Phi) is 2.26. The number of ether oxygens (including phenoxy) is 1. The van der Waals surface area contributed by atoms with Crippen molar-refractivity contribution in [2.24, 2.45) is 0 Å². The monoisotopic (exact) mass is 248 g/mol. The first kappa shape index (κ1) is 12.2. The number of benzene rings is 1. The lowest BCUT2D eigenvalue weighted by atomic mass is 9.75. The molecule has 1 unspecified atom stereocenters. The minimum atomic E-state index is -0.867. The number of hydrogen-bond acceptors (Lipinski definition) is 3. The molecule has 18 heavy (non-hydrogen) atoms. The second-order valence-electron chi connectivity index (χ2n) is 6.42.